The molecule has 2 N–H and O–H groups in total. The van der Waals surface area contributed by atoms with E-state index in [0.29, 0.717) is 11.2 Å². The molecule has 0 saturated heterocycles. The molecule has 0 amide bonds. The van der Waals surface area contributed by atoms with Gasteiger partial charge in [-0.15, -0.1) is 0 Å². The van der Waals surface area contributed by atoms with E-state index < -0.39 is 15.8 Å². The number of nitrogens with one attached hydrogen (secondary N) is 2. The standard InChI is InChI=1S/C19H14N2O4S/c22-19-20-17-11-10-14(12-18(17)25-19)26(23,24)21-16-9-5-4-8-15(16)13-6-2-1-3-7-13/h1-12,21H,(H,20,22). The number of aromatic amines is 1. The molecular weight excluding hydrogens is 352 g/mol. The Morgan fingerprint density at radius 1 is 0.885 bits per heavy atom. The van der Waals surface area contributed by atoms with Crippen molar-refractivity contribution >= 4 is 26.8 Å². The second kappa shape index (κ2) is 6.20. The lowest BCUT2D eigenvalue weighted by Gasteiger charge is -2.13. The van der Waals surface area contributed by atoms with Crippen LogP contribution in [-0.4, -0.2) is 13.4 Å². The van der Waals surface area contributed by atoms with Gasteiger partial charge in [0.25, 0.3) is 10.0 Å². The van der Waals surface area contributed by atoms with Crippen LogP contribution in [0.5, 0.6) is 0 Å². The second-order valence-electron chi connectivity index (χ2n) is 5.69. The summed E-state index contributed by atoms with van der Waals surface area (Å²) in [7, 11) is -3.85. The Bertz CT molecular complexity index is 1240. The highest BCUT2D eigenvalue weighted by Gasteiger charge is 2.18. The van der Waals surface area contributed by atoms with E-state index in [4.69, 9.17) is 4.42 Å². The minimum Gasteiger partial charge on any atom is -0.408 e. The molecule has 130 valence electrons. The van der Waals surface area contributed by atoms with Gasteiger partial charge in [-0.05, 0) is 23.8 Å². The number of sulfonamides is 1. The van der Waals surface area contributed by atoms with Crippen LogP contribution >= 0.6 is 0 Å². The van der Waals surface area contributed by atoms with Crippen molar-refractivity contribution in [3.05, 3.63) is 83.3 Å². The van der Waals surface area contributed by atoms with E-state index in [1.807, 2.05) is 42.5 Å². The number of fused-ring (bicyclic) bond motifs is 1. The lowest BCUT2D eigenvalue weighted by Crippen LogP contribution is -2.13. The lowest BCUT2D eigenvalue weighted by molar-refractivity contribution is 0.554. The number of para-hydroxylation sites is 1. The van der Waals surface area contributed by atoms with Crippen molar-refractivity contribution in [1.82, 2.24) is 4.98 Å². The second-order valence-corrected chi connectivity index (χ2v) is 7.37. The number of hydrogen-bond acceptors (Lipinski definition) is 4. The zero-order valence-electron chi connectivity index (χ0n) is 13.5. The van der Waals surface area contributed by atoms with E-state index in [1.54, 1.807) is 12.1 Å². The van der Waals surface area contributed by atoms with Crippen LogP contribution < -0.4 is 10.5 Å². The number of benzene rings is 3. The van der Waals surface area contributed by atoms with Crippen LogP contribution in [0.4, 0.5) is 5.69 Å². The molecule has 0 atom stereocenters. The van der Waals surface area contributed by atoms with Crippen molar-refractivity contribution < 1.29 is 12.8 Å². The van der Waals surface area contributed by atoms with Crippen LogP contribution in [0.25, 0.3) is 22.2 Å². The minimum absolute atomic E-state index is 0.00983. The third-order valence-corrected chi connectivity index (χ3v) is 5.32. The molecule has 26 heavy (non-hydrogen) atoms. The van der Waals surface area contributed by atoms with Gasteiger partial charge in [0.2, 0.25) is 0 Å². The smallest absolute Gasteiger partial charge is 0.408 e. The van der Waals surface area contributed by atoms with Crippen LogP contribution in [0.2, 0.25) is 0 Å². The summed E-state index contributed by atoms with van der Waals surface area (Å²) in [6.07, 6.45) is 0. The van der Waals surface area contributed by atoms with E-state index in [-0.39, 0.29) is 10.5 Å². The first-order valence-electron chi connectivity index (χ1n) is 7.83. The maximum atomic E-state index is 12.8. The molecule has 0 aliphatic rings. The van der Waals surface area contributed by atoms with Crippen molar-refractivity contribution in [3.63, 3.8) is 0 Å². The van der Waals surface area contributed by atoms with Crippen molar-refractivity contribution in [2.24, 2.45) is 0 Å². The van der Waals surface area contributed by atoms with Crippen LogP contribution in [-0.2, 0) is 10.0 Å². The molecule has 1 heterocycles. The van der Waals surface area contributed by atoms with Crippen molar-refractivity contribution in [2.75, 3.05) is 4.72 Å². The van der Waals surface area contributed by atoms with Gasteiger partial charge < -0.3 is 4.42 Å². The van der Waals surface area contributed by atoms with Crippen LogP contribution in [0, 0.1) is 0 Å². The molecule has 0 aliphatic heterocycles. The number of rotatable bonds is 4. The Balaban J connectivity index is 1.75. The number of oxazole rings is 1. The van der Waals surface area contributed by atoms with E-state index in [9.17, 15) is 13.2 Å². The fourth-order valence-corrected chi connectivity index (χ4v) is 3.83. The van der Waals surface area contributed by atoms with E-state index in [2.05, 4.69) is 9.71 Å². The average Bonchev–Trinajstić information content (AvgIpc) is 3.02. The molecule has 0 spiro atoms. The molecule has 0 aliphatic carbocycles. The minimum atomic E-state index is -3.85. The van der Waals surface area contributed by atoms with Crippen molar-refractivity contribution in [2.45, 2.75) is 4.90 Å². The maximum absolute atomic E-state index is 12.8. The predicted molar refractivity (Wildman–Crippen MR) is 99.5 cm³/mol. The van der Waals surface area contributed by atoms with Crippen molar-refractivity contribution in [3.8, 4) is 11.1 Å². The largest absolute Gasteiger partial charge is 0.417 e. The van der Waals surface area contributed by atoms with Gasteiger partial charge in [0.05, 0.1) is 16.1 Å². The van der Waals surface area contributed by atoms with E-state index in [1.165, 1.54) is 18.2 Å². The Morgan fingerprint density at radius 3 is 2.42 bits per heavy atom. The summed E-state index contributed by atoms with van der Waals surface area (Å²) in [5.74, 6) is -0.628. The molecule has 6 nitrogen and oxygen atoms in total. The molecule has 0 saturated carbocycles. The first kappa shape index (κ1) is 16.2. The van der Waals surface area contributed by atoms with Gasteiger partial charge in [0.15, 0.2) is 5.58 Å². The predicted octanol–water partition coefficient (Wildman–Crippen LogP) is 3.59. The third-order valence-electron chi connectivity index (χ3n) is 3.96. The highest BCUT2D eigenvalue weighted by atomic mass is 32.2. The van der Waals surface area contributed by atoms with Crippen LogP contribution in [0.1, 0.15) is 0 Å². The third kappa shape index (κ3) is 3.00. The normalized spacial score (nSPS) is 11.5. The fraction of sp³-hybridized carbons (Fsp3) is 0. The Kier molecular flexibility index (Phi) is 3.85. The first-order chi connectivity index (χ1) is 12.5. The van der Waals surface area contributed by atoms with Gasteiger partial charge in [-0.25, -0.2) is 13.2 Å². The summed E-state index contributed by atoms with van der Waals surface area (Å²) in [4.78, 5) is 13.7. The summed E-state index contributed by atoms with van der Waals surface area (Å²) in [5.41, 5.74) is 2.77. The summed E-state index contributed by atoms with van der Waals surface area (Å²) in [5, 5.41) is 0. The van der Waals surface area contributed by atoms with Crippen LogP contribution in [0.3, 0.4) is 0 Å². The highest BCUT2D eigenvalue weighted by molar-refractivity contribution is 7.92. The zero-order valence-corrected chi connectivity index (χ0v) is 14.3. The van der Waals surface area contributed by atoms with Gasteiger partial charge in [-0.1, -0.05) is 48.5 Å². The molecule has 0 bridgehead atoms. The summed E-state index contributed by atoms with van der Waals surface area (Å²) >= 11 is 0. The molecule has 0 radical (unpaired) electrons. The van der Waals surface area contributed by atoms with Gasteiger partial charge in [-0.3, -0.25) is 9.71 Å². The summed E-state index contributed by atoms with van der Waals surface area (Å²) < 4.78 is 33.1. The molecular formula is C19H14N2O4S. The molecule has 3 aromatic carbocycles. The quantitative estimate of drug-likeness (QED) is 0.577. The summed E-state index contributed by atoms with van der Waals surface area (Å²) in [6.45, 7) is 0. The van der Waals surface area contributed by atoms with Gasteiger partial charge in [-0.2, -0.15) is 0 Å². The lowest BCUT2D eigenvalue weighted by atomic mass is 10.0. The molecule has 1 aromatic heterocycles. The zero-order chi connectivity index (χ0) is 18.1. The van der Waals surface area contributed by atoms with Crippen LogP contribution in [0.15, 0.2) is 86.9 Å². The monoisotopic (exact) mass is 366 g/mol. The number of H-pyrrole nitrogens is 1. The van der Waals surface area contributed by atoms with E-state index in [0.717, 1.165) is 11.1 Å². The first-order valence-corrected chi connectivity index (χ1v) is 9.31. The molecule has 0 unspecified atom stereocenters. The molecule has 4 rings (SSSR count). The van der Waals surface area contributed by atoms with Crippen molar-refractivity contribution in [1.29, 1.82) is 0 Å². The number of aromatic nitrogens is 1. The van der Waals surface area contributed by atoms with Gasteiger partial charge in [0, 0.05) is 11.6 Å². The number of anilines is 1. The highest BCUT2D eigenvalue weighted by Crippen LogP contribution is 2.29. The molecule has 7 heteroatoms. The fourth-order valence-electron chi connectivity index (χ4n) is 2.74. The average molecular weight is 366 g/mol. The number of hydrogen-bond donors (Lipinski definition) is 2. The van der Waals surface area contributed by atoms with Gasteiger partial charge in [0.1, 0.15) is 0 Å². The summed E-state index contributed by atoms with van der Waals surface area (Å²) in [6, 6.07) is 20.9. The SMILES string of the molecule is O=c1[nH]c2ccc(S(=O)(=O)Nc3ccccc3-c3ccccc3)cc2o1. The Morgan fingerprint density at radius 2 is 1.62 bits per heavy atom. The molecule has 0 fully saturated rings. The maximum Gasteiger partial charge on any atom is 0.417 e. The topological polar surface area (TPSA) is 92.2 Å². The Labute approximate surface area is 149 Å². The Hall–Kier alpha value is -3.32. The molecule has 4 aromatic rings. The van der Waals surface area contributed by atoms with Gasteiger partial charge >= 0.3 is 5.76 Å². The van der Waals surface area contributed by atoms with E-state index >= 15 is 0 Å².